The number of hydrogen-bond acceptors (Lipinski definition) is 4. The Bertz CT molecular complexity index is 1060. The van der Waals surface area contributed by atoms with Gasteiger partial charge in [0.15, 0.2) is 0 Å². The van der Waals surface area contributed by atoms with E-state index in [0.29, 0.717) is 23.9 Å². The monoisotopic (exact) mass is 416 g/mol. The summed E-state index contributed by atoms with van der Waals surface area (Å²) < 4.78 is 5.76. The third-order valence-electron chi connectivity index (χ3n) is 5.41. The maximum absolute atomic E-state index is 12.8. The second-order valence-corrected chi connectivity index (χ2v) is 8.46. The van der Waals surface area contributed by atoms with Crippen molar-refractivity contribution in [1.82, 2.24) is 10.3 Å². The number of rotatable bonds is 7. The molecule has 30 heavy (non-hydrogen) atoms. The molecule has 2 heterocycles. The normalized spacial score (nSPS) is 11.4. The van der Waals surface area contributed by atoms with Gasteiger partial charge in [-0.2, -0.15) is 0 Å². The van der Waals surface area contributed by atoms with Gasteiger partial charge in [-0.1, -0.05) is 66.7 Å². The Balaban J connectivity index is 1.50. The largest absolute Gasteiger partial charge is 0.440 e. The van der Waals surface area contributed by atoms with Gasteiger partial charge in [0.05, 0.1) is 17.0 Å². The maximum atomic E-state index is 12.8. The molecular formula is C25H24N2O2S. The number of benzene rings is 2. The van der Waals surface area contributed by atoms with Crippen molar-refractivity contribution in [2.24, 2.45) is 0 Å². The molecule has 2 aromatic heterocycles. The molecule has 4 nitrogen and oxygen atoms in total. The topological polar surface area (TPSA) is 55.1 Å². The molecule has 4 aromatic rings. The SMILES string of the molecule is Cc1oc(-c2cccs2)nc1CC(=O)NCC(C)(c1ccccc1)c1ccccc1. The lowest BCUT2D eigenvalue weighted by Crippen LogP contribution is -2.40. The summed E-state index contributed by atoms with van der Waals surface area (Å²) in [5.74, 6) is 1.19. The summed E-state index contributed by atoms with van der Waals surface area (Å²) >= 11 is 1.57. The number of amides is 1. The minimum atomic E-state index is -0.334. The molecule has 0 unspecified atom stereocenters. The van der Waals surface area contributed by atoms with Crippen molar-refractivity contribution in [3.63, 3.8) is 0 Å². The number of carbonyl (C=O) groups excluding carboxylic acids is 1. The molecule has 0 aliphatic carbocycles. The highest BCUT2D eigenvalue weighted by atomic mass is 32.1. The second-order valence-electron chi connectivity index (χ2n) is 7.52. The van der Waals surface area contributed by atoms with E-state index in [2.05, 4.69) is 41.5 Å². The summed E-state index contributed by atoms with van der Waals surface area (Å²) in [6.07, 6.45) is 0.195. The molecule has 0 saturated heterocycles. The van der Waals surface area contributed by atoms with Crippen molar-refractivity contribution in [3.05, 3.63) is 101 Å². The van der Waals surface area contributed by atoms with Gasteiger partial charge in [-0.05, 0) is 36.4 Å². The van der Waals surface area contributed by atoms with Gasteiger partial charge in [-0.25, -0.2) is 4.98 Å². The van der Waals surface area contributed by atoms with E-state index in [1.807, 2.05) is 60.8 Å². The van der Waals surface area contributed by atoms with E-state index in [1.54, 1.807) is 11.3 Å². The molecule has 5 heteroatoms. The molecule has 0 spiro atoms. The molecule has 0 radical (unpaired) electrons. The van der Waals surface area contributed by atoms with Gasteiger partial charge < -0.3 is 9.73 Å². The lowest BCUT2D eigenvalue weighted by atomic mass is 9.76. The van der Waals surface area contributed by atoms with Crippen LogP contribution in [0.5, 0.6) is 0 Å². The van der Waals surface area contributed by atoms with Gasteiger partial charge in [-0.3, -0.25) is 4.79 Å². The molecule has 0 aliphatic heterocycles. The Labute approximate surface area is 180 Å². The predicted molar refractivity (Wildman–Crippen MR) is 121 cm³/mol. The van der Waals surface area contributed by atoms with Gasteiger partial charge in [0.2, 0.25) is 11.8 Å². The molecule has 0 bridgehead atoms. The van der Waals surface area contributed by atoms with E-state index in [9.17, 15) is 4.79 Å². The van der Waals surface area contributed by atoms with Crippen LogP contribution in [-0.4, -0.2) is 17.4 Å². The summed E-state index contributed by atoms with van der Waals surface area (Å²) in [7, 11) is 0. The van der Waals surface area contributed by atoms with Crippen molar-refractivity contribution >= 4 is 17.2 Å². The average Bonchev–Trinajstić information content (AvgIpc) is 3.44. The summed E-state index contributed by atoms with van der Waals surface area (Å²) in [6, 6.07) is 24.5. The number of aryl methyl sites for hydroxylation is 1. The molecule has 0 fully saturated rings. The number of hydrogen-bond donors (Lipinski definition) is 1. The van der Waals surface area contributed by atoms with E-state index in [1.165, 1.54) is 0 Å². The van der Waals surface area contributed by atoms with Crippen LogP contribution in [-0.2, 0) is 16.6 Å². The van der Waals surface area contributed by atoms with Gasteiger partial charge >= 0.3 is 0 Å². The number of nitrogens with one attached hydrogen (secondary N) is 1. The number of aromatic nitrogens is 1. The highest BCUT2D eigenvalue weighted by Gasteiger charge is 2.29. The molecule has 2 aromatic carbocycles. The van der Waals surface area contributed by atoms with Crippen LogP contribution >= 0.6 is 11.3 Å². The van der Waals surface area contributed by atoms with Gasteiger partial charge in [-0.15, -0.1) is 11.3 Å². The van der Waals surface area contributed by atoms with Crippen molar-refractivity contribution in [3.8, 4) is 10.8 Å². The van der Waals surface area contributed by atoms with E-state index in [0.717, 1.165) is 16.0 Å². The molecule has 0 atom stereocenters. The van der Waals surface area contributed by atoms with Crippen LogP contribution in [0.3, 0.4) is 0 Å². The zero-order chi connectivity index (χ0) is 21.0. The molecule has 0 aliphatic rings. The van der Waals surface area contributed by atoms with Crippen LogP contribution in [0.25, 0.3) is 10.8 Å². The summed E-state index contributed by atoms with van der Waals surface area (Å²) in [4.78, 5) is 18.3. The van der Waals surface area contributed by atoms with Crippen LogP contribution < -0.4 is 5.32 Å². The zero-order valence-electron chi connectivity index (χ0n) is 17.1. The van der Waals surface area contributed by atoms with E-state index in [-0.39, 0.29) is 17.7 Å². The minimum absolute atomic E-state index is 0.0674. The minimum Gasteiger partial charge on any atom is -0.440 e. The predicted octanol–water partition coefficient (Wildman–Crippen LogP) is 5.38. The average molecular weight is 417 g/mol. The third-order valence-corrected chi connectivity index (χ3v) is 6.27. The molecule has 0 saturated carbocycles. The van der Waals surface area contributed by atoms with Crippen molar-refractivity contribution in [2.45, 2.75) is 25.7 Å². The number of thiophene rings is 1. The van der Waals surface area contributed by atoms with Crippen LogP contribution in [0.1, 0.15) is 29.5 Å². The third kappa shape index (κ3) is 4.21. The Morgan fingerprint density at radius 1 is 1.00 bits per heavy atom. The zero-order valence-corrected chi connectivity index (χ0v) is 17.9. The van der Waals surface area contributed by atoms with Gasteiger partial charge in [0.25, 0.3) is 0 Å². The quantitative estimate of drug-likeness (QED) is 0.440. The first kappa shape index (κ1) is 20.1. The van der Waals surface area contributed by atoms with Crippen LogP contribution in [0, 0.1) is 6.92 Å². The summed E-state index contributed by atoms with van der Waals surface area (Å²) in [6.45, 7) is 4.51. The Hall–Kier alpha value is -3.18. The molecular weight excluding hydrogens is 392 g/mol. The lowest BCUT2D eigenvalue weighted by Gasteiger charge is -2.31. The van der Waals surface area contributed by atoms with Gasteiger partial charge in [0, 0.05) is 12.0 Å². The van der Waals surface area contributed by atoms with Crippen molar-refractivity contribution < 1.29 is 9.21 Å². The fourth-order valence-corrected chi connectivity index (χ4v) is 4.22. The number of nitrogens with zero attached hydrogens (tertiary/aromatic N) is 1. The highest BCUT2D eigenvalue weighted by Crippen LogP contribution is 2.31. The summed E-state index contributed by atoms with van der Waals surface area (Å²) in [5, 5.41) is 5.10. The van der Waals surface area contributed by atoms with E-state index >= 15 is 0 Å². The highest BCUT2D eigenvalue weighted by molar-refractivity contribution is 7.13. The molecule has 1 N–H and O–H groups in total. The van der Waals surface area contributed by atoms with E-state index in [4.69, 9.17) is 4.42 Å². The smallest absolute Gasteiger partial charge is 0.236 e. The number of oxazole rings is 1. The standard InChI is InChI=1S/C25H24N2O2S/c1-18-21(27-24(29-18)22-14-9-15-30-22)16-23(28)26-17-25(2,19-10-5-3-6-11-19)20-12-7-4-8-13-20/h3-15H,16-17H2,1-2H3,(H,26,28). The van der Waals surface area contributed by atoms with Crippen LogP contribution in [0.4, 0.5) is 0 Å². The fourth-order valence-electron chi connectivity index (χ4n) is 3.57. The van der Waals surface area contributed by atoms with Crippen molar-refractivity contribution in [1.29, 1.82) is 0 Å². The Morgan fingerprint density at radius 3 is 2.20 bits per heavy atom. The van der Waals surface area contributed by atoms with Crippen molar-refractivity contribution in [2.75, 3.05) is 6.54 Å². The molecule has 1 amide bonds. The van der Waals surface area contributed by atoms with Gasteiger partial charge in [0.1, 0.15) is 5.76 Å². The Kier molecular flexibility index (Phi) is 5.81. The maximum Gasteiger partial charge on any atom is 0.236 e. The first-order chi connectivity index (χ1) is 14.6. The first-order valence-corrected chi connectivity index (χ1v) is 10.8. The van der Waals surface area contributed by atoms with Crippen LogP contribution in [0.2, 0.25) is 0 Å². The first-order valence-electron chi connectivity index (χ1n) is 9.94. The Morgan fingerprint density at radius 2 is 1.63 bits per heavy atom. The number of carbonyl (C=O) groups is 1. The van der Waals surface area contributed by atoms with E-state index < -0.39 is 0 Å². The second kappa shape index (κ2) is 8.67. The molecule has 4 rings (SSSR count). The fraction of sp³-hybridized carbons (Fsp3) is 0.200. The van der Waals surface area contributed by atoms with Crippen LogP contribution in [0.15, 0.2) is 82.6 Å². The molecule has 152 valence electrons. The lowest BCUT2D eigenvalue weighted by molar-refractivity contribution is -0.120. The summed E-state index contributed by atoms with van der Waals surface area (Å²) in [5.41, 5.74) is 2.67.